The van der Waals surface area contributed by atoms with Gasteiger partial charge in [0.25, 0.3) is 10.0 Å². The van der Waals surface area contributed by atoms with Crippen LogP contribution in [0.15, 0.2) is 88.2 Å². The normalized spacial score (nSPS) is 12.0. The first kappa shape index (κ1) is 28.7. The Labute approximate surface area is 231 Å². The minimum absolute atomic E-state index is 0.0386. The number of nitrogens with one attached hydrogen (secondary N) is 1. The maximum Gasteiger partial charge on any atom is 0.264 e. The summed E-state index contributed by atoms with van der Waals surface area (Å²) in [5, 5.41) is 3.26. The van der Waals surface area contributed by atoms with Crippen molar-refractivity contribution in [1.82, 2.24) is 10.2 Å². The van der Waals surface area contributed by atoms with Crippen LogP contribution in [-0.4, -0.2) is 44.3 Å². The Kier molecular flexibility index (Phi) is 10.1. The maximum absolute atomic E-state index is 13.8. The molecular formula is C27H29BrClN3O4S. The van der Waals surface area contributed by atoms with E-state index in [4.69, 9.17) is 11.6 Å². The molecule has 0 saturated carbocycles. The molecule has 3 aromatic carbocycles. The van der Waals surface area contributed by atoms with E-state index in [0.29, 0.717) is 27.3 Å². The number of sulfonamides is 1. The van der Waals surface area contributed by atoms with Gasteiger partial charge >= 0.3 is 0 Å². The van der Waals surface area contributed by atoms with Crippen LogP contribution in [0.25, 0.3) is 0 Å². The number of hydrogen-bond acceptors (Lipinski definition) is 4. The van der Waals surface area contributed by atoms with E-state index >= 15 is 0 Å². The molecule has 1 N–H and O–H groups in total. The van der Waals surface area contributed by atoms with Gasteiger partial charge in [-0.25, -0.2) is 8.42 Å². The molecule has 10 heteroatoms. The second-order valence-electron chi connectivity index (χ2n) is 8.38. The highest BCUT2D eigenvalue weighted by Crippen LogP contribution is 2.27. The quantitative estimate of drug-likeness (QED) is 0.323. The van der Waals surface area contributed by atoms with Crippen LogP contribution in [-0.2, 0) is 26.2 Å². The van der Waals surface area contributed by atoms with Crippen LogP contribution in [0, 0.1) is 0 Å². The van der Waals surface area contributed by atoms with Crippen molar-refractivity contribution in [2.45, 2.75) is 37.8 Å². The molecule has 37 heavy (non-hydrogen) atoms. The fourth-order valence-electron chi connectivity index (χ4n) is 3.67. The third kappa shape index (κ3) is 7.34. The Balaban J connectivity index is 2.02. The lowest BCUT2D eigenvalue weighted by Crippen LogP contribution is -2.51. The Morgan fingerprint density at radius 3 is 2.32 bits per heavy atom. The molecule has 3 aromatic rings. The van der Waals surface area contributed by atoms with Crippen LogP contribution in [0.1, 0.15) is 25.8 Å². The van der Waals surface area contributed by atoms with E-state index in [9.17, 15) is 18.0 Å². The van der Waals surface area contributed by atoms with Gasteiger partial charge in [-0.2, -0.15) is 0 Å². The summed E-state index contributed by atoms with van der Waals surface area (Å²) < 4.78 is 29.1. The maximum atomic E-state index is 13.8. The smallest absolute Gasteiger partial charge is 0.264 e. The van der Waals surface area contributed by atoms with Gasteiger partial charge < -0.3 is 10.2 Å². The average Bonchev–Trinajstić information content (AvgIpc) is 2.89. The number of carbonyl (C=O) groups is 2. The predicted molar refractivity (Wildman–Crippen MR) is 150 cm³/mol. The van der Waals surface area contributed by atoms with E-state index in [1.54, 1.807) is 73.7 Å². The Morgan fingerprint density at radius 1 is 1.00 bits per heavy atom. The molecule has 3 rings (SSSR count). The number of carbonyl (C=O) groups excluding carboxylic acids is 2. The van der Waals surface area contributed by atoms with Crippen LogP contribution < -0.4 is 9.62 Å². The standard InChI is InChI=1S/C27H29BrClN3O4S/c1-3-16-30-27(34)20(2)31(18-21-10-7-8-15-25(21)29)26(33)19-32(23-12-9-11-22(28)17-23)37(35,36)24-13-5-4-6-14-24/h4-15,17,20H,3,16,18-19H2,1-2H3,(H,30,34)/t20-/m1/s1. The van der Waals surface area contributed by atoms with Crippen molar-refractivity contribution in [2.75, 3.05) is 17.4 Å². The zero-order valence-corrected chi connectivity index (χ0v) is 23.8. The first-order valence-corrected chi connectivity index (χ1v) is 14.4. The molecule has 196 valence electrons. The molecule has 0 aliphatic carbocycles. The molecule has 7 nitrogen and oxygen atoms in total. The van der Waals surface area contributed by atoms with E-state index in [1.807, 2.05) is 6.92 Å². The van der Waals surface area contributed by atoms with Gasteiger partial charge in [0.2, 0.25) is 11.8 Å². The van der Waals surface area contributed by atoms with Gasteiger partial charge in [0.15, 0.2) is 0 Å². The first-order chi connectivity index (χ1) is 17.6. The number of halogens is 2. The average molecular weight is 607 g/mol. The topological polar surface area (TPSA) is 86.8 Å². The van der Waals surface area contributed by atoms with Crippen molar-refractivity contribution >= 4 is 55.1 Å². The van der Waals surface area contributed by atoms with E-state index in [2.05, 4.69) is 21.2 Å². The summed E-state index contributed by atoms with van der Waals surface area (Å²) in [5.74, 6) is -0.874. The Hall–Kier alpha value is -2.88. The molecule has 0 heterocycles. The molecule has 0 saturated heterocycles. The molecule has 0 radical (unpaired) electrons. The van der Waals surface area contributed by atoms with E-state index in [1.165, 1.54) is 17.0 Å². The first-order valence-electron chi connectivity index (χ1n) is 11.8. The number of hydrogen-bond donors (Lipinski definition) is 1. The number of nitrogens with zero attached hydrogens (tertiary/aromatic N) is 2. The summed E-state index contributed by atoms with van der Waals surface area (Å²) in [6.07, 6.45) is 0.739. The third-order valence-electron chi connectivity index (χ3n) is 5.72. The summed E-state index contributed by atoms with van der Waals surface area (Å²) in [5.41, 5.74) is 0.958. The van der Waals surface area contributed by atoms with Crippen molar-refractivity contribution < 1.29 is 18.0 Å². The van der Waals surface area contributed by atoms with Gasteiger partial charge in [-0.15, -0.1) is 0 Å². The second-order valence-corrected chi connectivity index (χ2v) is 11.6. The SMILES string of the molecule is CCCNC(=O)[C@@H](C)N(Cc1ccccc1Cl)C(=O)CN(c1cccc(Br)c1)S(=O)(=O)c1ccccc1. The van der Waals surface area contributed by atoms with Crippen LogP contribution in [0.2, 0.25) is 5.02 Å². The van der Waals surface area contributed by atoms with E-state index < -0.39 is 28.5 Å². The summed E-state index contributed by atoms with van der Waals surface area (Å²) in [6, 6.07) is 20.8. The van der Waals surface area contributed by atoms with Gasteiger partial charge in [0.1, 0.15) is 12.6 Å². The largest absolute Gasteiger partial charge is 0.354 e. The minimum atomic E-state index is -4.10. The van der Waals surface area contributed by atoms with Crippen molar-refractivity contribution in [3.63, 3.8) is 0 Å². The molecule has 0 aliphatic rings. The third-order valence-corrected chi connectivity index (χ3v) is 8.37. The van der Waals surface area contributed by atoms with Crippen LogP contribution >= 0.6 is 27.5 Å². The highest BCUT2D eigenvalue weighted by Gasteiger charge is 2.32. The lowest BCUT2D eigenvalue weighted by molar-refractivity contribution is -0.139. The molecule has 0 aliphatic heterocycles. The molecule has 0 fully saturated rings. The van der Waals surface area contributed by atoms with Gasteiger partial charge in [-0.1, -0.05) is 76.9 Å². The predicted octanol–water partition coefficient (Wildman–Crippen LogP) is 5.24. The molecular weight excluding hydrogens is 578 g/mol. The van der Waals surface area contributed by atoms with Gasteiger partial charge in [-0.05, 0) is 55.3 Å². The van der Waals surface area contributed by atoms with Crippen LogP contribution in [0.3, 0.4) is 0 Å². The monoisotopic (exact) mass is 605 g/mol. The molecule has 0 aromatic heterocycles. The van der Waals surface area contributed by atoms with Crippen molar-refractivity contribution in [2.24, 2.45) is 0 Å². The van der Waals surface area contributed by atoms with Gasteiger partial charge in [0, 0.05) is 22.6 Å². The molecule has 0 bridgehead atoms. The summed E-state index contributed by atoms with van der Waals surface area (Å²) in [6.45, 7) is 3.54. The molecule has 0 spiro atoms. The van der Waals surface area contributed by atoms with Gasteiger partial charge in [-0.3, -0.25) is 13.9 Å². The van der Waals surface area contributed by atoms with E-state index in [-0.39, 0.29) is 17.3 Å². The number of anilines is 1. The summed E-state index contributed by atoms with van der Waals surface area (Å²) >= 11 is 9.75. The lowest BCUT2D eigenvalue weighted by atomic mass is 10.1. The number of benzene rings is 3. The fraction of sp³-hybridized carbons (Fsp3) is 0.259. The molecule has 1 atom stereocenters. The summed E-state index contributed by atoms with van der Waals surface area (Å²) in [7, 11) is -4.10. The summed E-state index contributed by atoms with van der Waals surface area (Å²) in [4.78, 5) is 28.1. The minimum Gasteiger partial charge on any atom is -0.354 e. The fourth-order valence-corrected chi connectivity index (χ4v) is 5.68. The Morgan fingerprint density at radius 2 is 1.68 bits per heavy atom. The van der Waals surface area contributed by atoms with Crippen LogP contribution in [0.4, 0.5) is 5.69 Å². The Bertz CT molecular complexity index is 1340. The van der Waals surface area contributed by atoms with Crippen molar-refractivity contribution in [1.29, 1.82) is 0 Å². The van der Waals surface area contributed by atoms with E-state index in [0.717, 1.165) is 10.7 Å². The lowest BCUT2D eigenvalue weighted by Gasteiger charge is -2.32. The zero-order chi connectivity index (χ0) is 27.0. The van der Waals surface area contributed by atoms with Crippen molar-refractivity contribution in [3.05, 3.63) is 93.9 Å². The van der Waals surface area contributed by atoms with Gasteiger partial charge in [0.05, 0.1) is 10.6 Å². The zero-order valence-electron chi connectivity index (χ0n) is 20.6. The molecule has 2 amide bonds. The van der Waals surface area contributed by atoms with Crippen LogP contribution in [0.5, 0.6) is 0 Å². The number of rotatable bonds is 11. The second kappa shape index (κ2) is 13.1. The highest BCUT2D eigenvalue weighted by molar-refractivity contribution is 9.10. The van der Waals surface area contributed by atoms with Crippen molar-refractivity contribution in [3.8, 4) is 0 Å². The molecule has 0 unspecified atom stereocenters. The number of amides is 2. The highest BCUT2D eigenvalue weighted by atomic mass is 79.9.